The molecule has 2 aliphatic rings. The summed E-state index contributed by atoms with van der Waals surface area (Å²) < 4.78 is 5.31. The lowest BCUT2D eigenvalue weighted by Gasteiger charge is -2.53. The number of carbonyl (C=O) groups excluding carboxylic acids is 2. The Balaban J connectivity index is 2.01. The van der Waals surface area contributed by atoms with Crippen LogP contribution in [0, 0.1) is 5.92 Å². The fourth-order valence-corrected chi connectivity index (χ4v) is 4.94. The third-order valence-electron chi connectivity index (χ3n) is 6.34. The number of rotatable bonds is 7. The predicted octanol–water partition coefficient (Wildman–Crippen LogP) is 3.74. The Morgan fingerprint density at radius 1 is 1.25 bits per heavy atom. The minimum atomic E-state index is -0.440. The van der Waals surface area contributed by atoms with Gasteiger partial charge in [0, 0.05) is 25.8 Å². The molecule has 154 valence electrons. The summed E-state index contributed by atoms with van der Waals surface area (Å²) in [4.78, 5) is 28.8. The highest BCUT2D eigenvalue weighted by Gasteiger charge is 2.54. The van der Waals surface area contributed by atoms with Crippen LogP contribution in [0.4, 0.5) is 0 Å². The van der Waals surface area contributed by atoms with E-state index in [0.29, 0.717) is 31.2 Å². The Morgan fingerprint density at radius 3 is 2.64 bits per heavy atom. The molecule has 1 aromatic rings. The monoisotopic (exact) mass is 386 g/mol. The van der Waals surface area contributed by atoms with E-state index in [1.807, 2.05) is 29.2 Å². The number of nitrogens with zero attached hydrogens (tertiary/aromatic N) is 1. The van der Waals surface area contributed by atoms with E-state index >= 15 is 0 Å². The largest absolute Gasteiger partial charge is 0.383 e. The highest BCUT2D eigenvalue weighted by molar-refractivity contribution is 6.02. The summed E-state index contributed by atoms with van der Waals surface area (Å²) in [5.41, 5.74) is 1.12. The van der Waals surface area contributed by atoms with Gasteiger partial charge in [0.1, 0.15) is 0 Å². The summed E-state index contributed by atoms with van der Waals surface area (Å²) >= 11 is 0. The van der Waals surface area contributed by atoms with Crippen molar-refractivity contribution >= 4 is 11.8 Å². The zero-order chi connectivity index (χ0) is 20.1. The molecule has 2 amide bonds. The van der Waals surface area contributed by atoms with Crippen LogP contribution in [0.25, 0.3) is 0 Å². The van der Waals surface area contributed by atoms with Crippen LogP contribution in [-0.4, -0.2) is 49.1 Å². The van der Waals surface area contributed by atoms with Crippen molar-refractivity contribution in [1.82, 2.24) is 10.2 Å². The van der Waals surface area contributed by atoms with Gasteiger partial charge in [-0.1, -0.05) is 51.3 Å². The molecule has 1 atom stereocenters. The topological polar surface area (TPSA) is 58.6 Å². The second-order valence-electron chi connectivity index (χ2n) is 8.61. The Morgan fingerprint density at radius 2 is 1.96 bits per heavy atom. The molecule has 5 heteroatoms. The first-order chi connectivity index (χ1) is 13.5. The lowest BCUT2D eigenvalue weighted by molar-refractivity contribution is -0.127. The van der Waals surface area contributed by atoms with Crippen LogP contribution in [0.5, 0.6) is 0 Å². The van der Waals surface area contributed by atoms with E-state index in [4.69, 9.17) is 4.74 Å². The number of methoxy groups -OCH3 is 1. The van der Waals surface area contributed by atoms with Gasteiger partial charge in [0.15, 0.2) is 0 Å². The highest BCUT2D eigenvalue weighted by Crippen LogP contribution is 2.49. The van der Waals surface area contributed by atoms with Crippen LogP contribution < -0.4 is 5.32 Å². The molecule has 1 heterocycles. The van der Waals surface area contributed by atoms with Gasteiger partial charge in [-0.2, -0.15) is 0 Å². The van der Waals surface area contributed by atoms with Crippen LogP contribution >= 0.6 is 0 Å². The van der Waals surface area contributed by atoms with Crippen molar-refractivity contribution in [3.05, 3.63) is 35.4 Å². The van der Waals surface area contributed by atoms with Gasteiger partial charge in [-0.3, -0.25) is 9.59 Å². The maximum absolute atomic E-state index is 13.5. The van der Waals surface area contributed by atoms with E-state index in [-0.39, 0.29) is 17.7 Å². The molecule has 1 fully saturated rings. The number of amides is 2. The first kappa shape index (κ1) is 20.8. The van der Waals surface area contributed by atoms with Gasteiger partial charge < -0.3 is 15.0 Å². The molecule has 5 nitrogen and oxygen atoms in total. The molecule has 0 radical (unpaired) electrons. The Hall–Kier alpha value is -1.88. The summed E-state index contributed by atoms with van der Waals surface area (Å²) in [6, 6.07) is 7.67. The van der Waals surface area contributed by atoms with Crippen LogP contribution in [0.3, 0.4) is 0 Å². The van der Waals surface area contributed by atoms with Crippen LogP contribution in [-0.2, 0) is 9.53 Å². The summed E-state index contributed by atoms with van der Waals surface area (Å²) in [7, 11) is 1.66. The lowest BCUT2D eigenvalue weighted by atomic mass is 9.65. The summed E-state index contributed by atoms with van der Waals surface area (Å²) in [6.07, 6.45) is 5.97. The molecule has 1 saturated carbocycles. The van der Waals surface area contributed by atoms with Gasteiger partial charge in [-0.05, 0) is 36.8 Å². The average molecular weight is 387 g/mol. The number of nitrogens with one attached hydrogen (secondary N) is 1. The maximum atomic E-state index is 13.5. The summed E-state index contributed by atoms with van der Waals surface area (Å²) in [5, 5.41) is 3.18. The fourth-order valence-electron chi connectivity index (χ4n) is 4.94. The van der Waals surface area contributed by atoms with E-state index in [1.165, 1.54) is 0 Å². The quantitative estimate of drug-likeness (QED) is 0.777. The Kier molecular flexibility index (Phi) is 6.76. The number of hydrogen-bond donors (Lipinski definition) is 1. The fraction of sp³-hybridized carbons (Fsp3) is 0.652. The van der Waals surface area contributed by atoms with Gasteiger partial charge in [0.2, 0.25) is 5.91 Å². The second-order valence-corrected chi connectivity index (χ2v) is 8.61. The molecule has 3 rings (SSSR count). The molecule has 1 aliphatic heterocycles. The Labute approximate surface area is 168 Å². The molecule has 0 bridgehead atoms. The normalized spacial score (nSPS) is 21.1. The van der Waals surface area contributed by atoms with Crippen molar-refractivity contribution in [3.8, 4) is 0 Å². The minimum Gasteiger partial charge on any atom is -0.383 e. The molecule has 1 spiro atoms. The second kappa shape index (κ2) is 9.08. The first-order valence-corrected chi connectivity index (χ1v) is 10.7. The number of carbonyl (C=O) groups is 2. The van der Waals surface area contributed by atoms with Crippen molar-refractivity contribution in [2.45, 2.75) is 63.8 Å². The number of ether oxygens (including phenoxy) is 1. The molecule has 0 aromatic heterocycles. The molecule has 1 aliphatic carbocycles. The zero-order valence-electron chi connectivity index (χ0n) is 17.5. The van der Waals surface area contributed by atoms with Gasteiger partial charge in [-0.25, -0.2) is 0 Å². The van der Waals surface area contributed by atoms with Gasteiger partial charge in [0.05, 0.1) is 18.1 Å². The third kappa shape index (κ3) is 3.95. The molecule has 0 saturated heterocycles. The molecular formula is C23H34N2O3. The predicted molar refractivity (Wildman–Crippen MR) is 110 cm³/mol. The van der Waals surface area contributed by atoms with E-state index in [9.17, 15) is 9.59 Å². The molecule has 1 N–H and O–H groups in total. The van der Waals surface area contributed by atoms with E-state index in [1.54, 1.807) is 7.11 Å². The SMILES string of the molecule is COCCN1C(=O)c2ccccc2C(C(=O)NCCC(C)C)C12CCCCC2. The lowest BCUT2D eigenvalue weighted by Crippen LogP contribution is -2.63. The van der Waals surface area contributed by atoms with Gasteiger partial charge >= 0.3 is 0 Å². The summed E-state index contributed by atoms with van der Waals surface area (Å²) in [5.74, 6) is 0.332. The molecule has 1 aromatic carbocycles. The van der Waals surface area contributed by atoms with Crippen molar-refractivity contribution in [2.24, 2.45) is 5.92 Å². The van der Waals surface area contributed by atoms with Crippen LogP contribution in [0.1, 0.15) is 74.2 Å². The maximum Gasteiger partial charge on any atom is 0.254 e. The van der Waals surface area contributed by atoms with E-state index in [0.717, 1.165) is 44.1 Å². The standard InChI is InChI=1S/C23H34N2O3/c1-17(2)11-14-24-21(26)20-18-9-5-6-10-19(18)22(27)25(15-16-28-3)23(20)12-7-4-8-13-23/h5-6,9-10,17,20H,4,7-8,11-16H2,1-3H3,(H,24,26). The van der Waals surface area contributed by atoms with E-state index < -0.39 is 5.54 Å². The minimum absolute atomic E-state index is 0.0424. The van der Waals surface area contributed by atoms with Crippen molar-refractivity contribution in [3.63, 3.8) is 0 Å². The number of benzene rings is 1. The number of hydrogen-bond acceptors (Lipinski definition) is 3. The smallest absolute Gasteiger partial charge is 0.254 e. The van der Waals surface area contributed by atoms with Gasteiger partial charge in [-0.15, -0.1) is 0 Å². The van der Waals surface area contributed by atoms with Crippen molar-refractivity contribution < 1.29 is 14.3 Å². The molecule has 28 heavy (non-hydrogen) atoms. The van der Waals surface area contributed by atoms with Crippen molar-refractivity contribution in [1.29, 1.82) is 0 Å². The van der Waals surface area contributed by atoms with E-state index in [2.05, 4.69) is 19.2 Å². The summed E-state index contributed by atoms with van der Waals surface area (Å²) in [6.45, 7) is 6.01. The molecular weight excluding hydrogens is 352 g/mol. The number of fused-ring (bicyclic) bond motifs is 1. The van der Waals surface area contributed by atoms with Gasteiger partial charge in [0.25, 0.3) is 5.91 Å². The zero-order valence-corrected chi connectivity index (χ0v) is 17.5. The average Bonchev–Trinajstić information content (AvgIpc) is 2.68. The Bertz CT molecular complexity index is 695. The van der Waals surface area contributed by atoms with Crippen molar-refractivity contribution in [2.75, 3.05) is 26.8 Å². The highest BCUT2D eigenvalue weighted by atomic mass is 16.5. The molecule has 1 unspecified atom stereocenters. The third-order valence-corrected chi connectivity index (χ3v) is 6.34. The van der Waals surface area contributed by atoms with Crippen LogP contribution in [0.2, 0.25) is 0 Å². The van der Waals surface area contributed by atoms with Crippen LogP contribution in [0.15, 0.2) is 24.3 Å². The first-order valence-electron chi connectivity index (χ1n) is 10.7.